The molecule has 2 heterocycles. The molecular formula is C18H16INO3. The highest BCUT2D eigenvalue weighted by molar-refractivity contribution is 14.1. The summed E-state index contributed by atoms with van der Waals surface area (Å²) in [5.74, 6) is 1.63. The summed E-state index contributed by atoms with van der Waals surface area (Å²) in [7, 11) is 0. The molecule has 2 atom stereocenters. The van der Waals surface area contributed by atoms with Crippen LogP contribution in [-0.4, -0.2) is 28.1 Å². The van der Waals surface area contributed by atoms with Crippen molar-refractivity contribution in [2.75, 3.05) is 13.3 Å². The summed E-state index contributed by atoms with van der Waals surface area (Å²) in [5, 5.41) is 0. The number of benzene rings is 2. The van der Waals surface area contributed by atoms with Crippen molar-refractivity contribution >= 4 is 28.5 Å². The van der Waals surface area contributed by atoms with Crippen molar-refractivity contribution in [3.05, 3.63) is 59.7 Å². The van der Waals surface area contributed by atoms with Gasteiger partial charge in [-0.15, -0.1) is 0 Å². The standard InChI is InChI=1S/C18H16INO3/c19-14-8-9-20(18(21)12-4-2-1-3-5-12)17(14)13-6-7-15-16(10-13)23-11-22-15/h1-7,10,14,17H,8-9,11H2. The number of nitrogens with zero attached hydrogens (tertiary/aromatic N) is 1. The van der Waals surface area contributed by atoms with Crippen LogP contribution in [0.1, 0.15) is 28.4 Å². The topological polar surface area (TPSA) is 38.8 Å². The van der Waals surface area contributed by atoms with E-state index in [1.807, 2.05) is 53.4 Å². The van der Waals surface area contributed by atoms with Crippen LogP contribution in [0.15, 0.2) is 48.5 Å². The molecule has 0 aliphatic carbocycles. The maximum atomic E-state index is 12.9. The third kappa shape index (κ3) is 2.67. The van der Waals surface area contributed by atoms with E-state index < -0.39 is 0 Å². The molecule has 2 unspecified atom stereocenters. The van der Waals surface area contributed by atoms with E-state index in [0.29, 0.717) is 3.92 Å². The summed E-state index contributed by atoms with van der Waals surface area (Å²) in [5.41, 5.74) is 1.85. The van der Waals surface area contributed by atoms with E-state index in [4.69, 9.17) is 9.47 Å². The second-order valence-electron chi connectivity index (χ2n) is 5.73. The lowest BCUT2D eigenvalue weighted by molar-refractivity contribution is 0.0738. The molecule has 2 aromatic carbocycles. The van der Waals surface area contributed by atoms with Crippen molar-refractivity contribution in [1.29, 1.82) is 0 Å². The number of amides is 1. The summed E-state index contributed by atoms with van der Waals surface area (Å²) in [6.07, 6.45) is 0.998. The van der Waals surface area contributed by atoms with Crippen LogP contribution in [0.3, 0.4) is 0 Å². The lowest BCUT2D eigenvalue weighted by Gasteiger charge is -2.27. The average Bonchev–Trinajstić information content (AvgIpc) is 3.20. The van der Waals surface area contributed by atoms with Gasteiger partial charge in [0.2, 0.25) is 6.79 Å². The SMILES string of the molecule is O=C(c1ccccc1)N1CCC(I)C1c1ccc2c(c1)OCO2. The molecule has 4 rings (SSSR count). The van der Waals surface area contributed by atoms with Gasteiger partial charge in [-0.3, -0.25) is 4.79 Å². The zero-order valence-electron chi connectivity index (χ0n) is 12.4. The van der Waals surface area contributed by atoms with Crippen molar-refractivity contribution in [3.63, 3.8) is 0 Å². The largest absolute Gasteiger partial charge is 0.454 e. The van der Waals surface area contributed by atoms with E-state index in [2.05, 4.69) is 22.6 Å². The lowest BCUT2D eigenvalue weighted by atomic mass is 10.0. The molecule has 1 saturated heterocycles. The molecule has 0 aromatic heterocycles. The number of ether oxygens (including phenoxy) is 2. The van der Waals surface area contributed by atoms with Crippen molar-refractivity contribution in [2.45, 2.75) is 16.4 Å². The summed E-state index contributed by atoms with van der Waals surface area (Å²) in [6, 6.07) is 15.5. The molecule has 5 heteroatoms. The second-order valence-corrected chi connectivity index (χ2v) is 7.33. The Bertz CT molecular complexity index is 734. The molecule has 1 amide bonds. The molecule has 0 radical (unpaired) electrons. The highest BCUT2D eigenvalue weighted by Crippen LogP contribution is 2.42. The van der Waals surface area contributed by atoms with Gasteiger partial charge in [-0.05, 0) is 36.2 Å². The Balaban J connectivity index is 1.67. The third-order valence-corrected chi connectivity index (χ3v) is 5.65. The van der Waals surface area contributed by atoms with Gasteiger partial charge in [-0.25, -0.2) is 0 Å². The summed E-state index contributed by atoms with van der Waals surface area (Å²) in [6.45, 7) is 1.05. The van der Waals surface area contributed by atoms with E-state index in [9.17, 15) is 4.79 Å². The van der Waals surface area contributed by atoms with Crippen molar-refractivity contribution in [3.8, 4) is 11.5 Å². The Kier molecular flexibility index (Phi) is 3.88. The molecular weight excluding hydrogens is 405 g/mol. The van der Waals surface area contributed by atoms with Crippen molar-refractivity contribution in [1.82, 2.24) is 4.90 Å². The van der Waals surface area contributed by atoms with Crippen LogP contribution < -0.4 is 9.47 Å². The minimum atomic E-state index is 0.0674. The second kappa shape index (κ2) is 6.03. The Morgan fingerprint density at radius 3 is 2.70 bits per heavy atom. The molecule has 0 saturated carbocycles. The highest BCUT2D eigenvalue weighted by Gasteiger charge is 2.37. The molecule has 2 aliphatic rings. The van der Waals surface area contributed by atoms with Crippen molar-refractivity contribution in [2.24, 2.45) is 0 Å². The molecule has 0 N–H and O–H groups in total. The quantitative estimate of drug-likeness (QED) is 0.547. The number of rotatable bonds is 2. The smallest absolute Gasteiger partial charge is 0.254 e. The maximum Gasteiger partial charge on any atom is 0.254 e. The molecule has 2 aromatic rings. The minimum Gasteiger partial charge on any atom is -0.454 e. The number of hydrogen-bond donors (Lipinski definition) is 0. The third-order valence-electron chi connectivity index (χ3n) is 4.34. The van der Waals surface area contributed by atoms with E-state index in [0.717, 1.165) is 35.6 Å². The van der Waals surface area contributed by atoms with E-state index in [1.165, 1.54) is 0 Å². The molecule has 4 nitrogen and oxygen atoms in total. The van der Waals surface area contributed by atoms with Gasteiger partial charge < -0.3 is 14.4 Å². The van der Waals surface area contributed by atoms with Gasteiger partial charge in [0, 0.05) is 16.0 Å². The number of halogens is 1. The van der Waals surface area contributed by atoms with Gasteiger partial charge in [0.05, 0.1) is 6.04 Å². The normalized spacial score (nSPS) is 22.4. The predicted octanol–water partition coefficient (Wildman–Crippen LogP) is 3.81. The van der Waals surface area contributed by atoms with Crippen LogP contribution in [0.2, 0.25) is 0 Å². The Labute approximate surface area is 148 Å². The van der Waals surface area contributed by atoms with Crippen LogP contribution in [-0.2, 0) is 0 Å². The van der Waals surface area contributed by atoms with Crippen LogP contribution in [0.4, 0.5) is 0 Å². The fraction of sp³-hybridized carbons (Fsp3) is 0.278. The first-order valence-corrected chi connectivity index (χ1v) is 8.88. The number of fused-ring (bicyclic) bond motifs is 1. The molecule has 0 spiro atoms. The molecule has 2 aliphatic heterocycles. The van der Waals surface area contributed by atoms with Gasteiger partial charge in [0.25, 0.3) is 5.91 Å². The summed E-state index contributed by atoms with van der Waals surface area (Å²) >= 11 is 2.45. The van der Waals surface area contributed by atoms with Crippen LogP contribution in [0.25, 0.3) is 0 Å². The van der Waals surface area contributed by atoms with Crippen LogP contribution in [0, 0.1) is 0 Å². The van der Waals surface area contributed by atoms with E-state index in [1.54, 1.807) is 0 Å². The van der Waals surface area contributed by atoms with E-state index in [-0.39, 0.29) is 18.7 Å². The first-order chi connectivity index (χ1) is 11.2. The lowest BCUT2D eigenvalue weighted by Crippen LogP contribution is -2.32. The fourth-order valence-electron chi connectivity index (χ4n) is 3.21. The van der Waals surface area contributed by atoms with Gasteiger partial charge in [0.1, 0.15) is 0 Å². The molecule has 23 heavy (non-hydrogen) atoms. The number of carbonyl (C=O) groups excluding carboxylic acids is 1. The summed E-state index contributed by atoms with van der Waals surface area (Å²) < 4.78 is 11.3. The van der Waals surface area contributed by atoms with Crippen molar-refractivity contribution < 1.29 is 14.3 Å². The van der Waals surface area contributed by atoms with Gasteiger partial charge >= 0.3 is 0 Å². The molecule has 118 valence electrons. The van der Waals surface area contributed by atoms with E-state index >= 15 is 0 Å². The number of carbonyl (C=O) groups is 1. The first-order valence-electron chi connectivity index (χ1n) is 7.63. The predicted molar refractivity (Wildman–Crippen MR) is 95.2 cm³/mol. The fourth-order valence-corrected chi connectivity index (χ4v) is 4.30. The van der Waals surface area contributed by atoms with Crippen LogP contribution in [0.5, 0.6) is 11.5 Å². The molecule has 1 fully saturated rings. The monoisotopic (exact) mass is 421 g/mol. The first kappa shape index (κ1) is 14.8. The Hall–Kier alpha value is -1.76. The average molecular weight is 421 g/mol. The number of alkyl halides is 1. The Morgan fingerprint density at radius 2 is 1.87 bits per heavy atom. The van der Waals surface area contributed by atoms with Gasteiger partial charge in [-0.2, -0.15) is 0 Å². The van der Waals surface area contributed by atoms with Gasteiger partial charge in [0.15, 0.2) is 11.5 Å². The minimum absolute atomic E-state index is 0.0674. The number of hydrogen-bond acceptors (Lipinski definition) is 3. The maximum absolute atomic E-state index is 12.9. The number of likely N-dealkylation sites (tertiary alicyclic amines) is 1. The molecule has 0 bridgehead atoms. The Morgan fingerprint density at radius 1 is 1.09 bits per heavy atom. The van der Waals surface area contributed by atoms with Gasteiger partial charge in [-0.1, -0.05) is 46.9 Å². The highest BCUT2D eigenvalue weighted by atomic mass is 127. The summed E-state index contributed by atoms with van der Waals surface area (Å²) in [4.78, 5) is 14.9. The van der Waals surface area contributed by atoms with Crippen LogP contribution >= 0.6 is 22.6 Å². The zero-order valence-corrected chi connectivity index (χ0v) is 14.6. The zero-order chi connectivity index (χ0) is 15.8.